The SMILES string of the molecule is CCCCCCCCC=CCCCCCC(=O)OC(COC(=O)CCCCCCCCC(C)CCCCCCCC)COP(=O)(O)OC1C(O)C(O)C(O)C(O)C1OC1OC(CO)C(O)C(O)C1O. The van der Waals surface area contributed by atoms with E-state index in [1.165, 1.54) is 96.3 Å². The zero-order valence-electron chi connectivity index (χ0n) is 42.0. The lowest BCUT2D eigenvalue weighted by Gasteiger charge is -2.47. The number of hydrogen-bond donors (Lipinski definition) is 9. The molecule has 2 fully saturated rings. The topological polar surface area (TPSA) is 289 Å². The number of phosphoric ester groups is 1. The summed E-state index contributed by atoms with van der Waals surface area (Å²) in [7, 11) is -5.38. The van der Waals surface area contributed by atoms with E-state index in [2.05, 4.69) is 32.9 Å². The van der Waals surface area contributed by atoms with Crippen LogP contribution in [0.25, 0.3) is 0 Å². The van der Waals surface area contributed by atoms with Crippen LogP contribution in [0.4, 0.5) is 0 Å². The van der Waals surface area contributed by atoms with Gasteiger partial charge in [0.25, 0.3) is 0 Å². The second kappa shape index (κ2) is 37.2. The Morgan fingerprint density at radius 2 is 1.04 bits per heavy atom. The monoisotopic (exact) mass is 1010 g/mol. The van der Waals surface area contributed by atoms with Crippen molar-refractivity contribution in [3.05, 3.63) is 12.2 Å². The lowest BCUT2D eigenvalue weighted by Crippen LogP contribution is -2.67. The minimum absolute atomic E-state index is 0.0145. The van der Waals surface area contributed by atoms with Gasteiger partial charge in [0.1, 0.15) is 67.6 Å². The van der Waals surface area contributed by atoms with Gasteiger partial charge in [0.2, 0.25) is 0 Å². The van der Waals surface area contributed by atoms with Crippen molar-refractivity contribution < 1.29 is 87.9 Å². The molecule has 19 heteroatoms. The van der Waals surface area contributed by atoms with Gasteiger partial charge in [-0.2, -0.15) is 0 Å². The Morgan fingerprint density at radius 1 is 0.580 bits per heavy atom. The Labute approximate surface area is 412 Å². The molecule has 0 bridgehead atoms. The lowest BCUT2D eigenvalue weighted by molar-refractivity contribution is -0.338. The molecular weight excluding hydrogens is 920 g/mol. The fraction of sp³-hybridized carbons (Fsp3) is 0.920. The van der Waals surface area contributed by atoms with E-state index in [1.54, 1.807) is 0 Å². The highest BCUT2D eigenvalue weighted by Crippen LogP contribution is 2.48. The van der Waals surface area contributed by atoms with E-state index in [0.717, 1.165) is 57.3 Å². The molecule has 0 aromatic rings. The van der Waals surface area contributed by atoms with Crippen molar-refractivity contribution in [1.82, 2.24) is 0 Å². The lowest BCUT2D eigenvalue weighted by atomic mass is 9.84. The molecule has 406 valence electrons. The number of aliphatic hydroxyl groups is 8. The number of ether oxygens (including phenoxy) is 4. The molecule has 14 atom stereocenters. The molecule has 18 nitrogen and oxygen atoms in total. The third-order valence-corrected chi connectivity index (χ3v) is 14.1. The van der Waals surface area contributed by atoms with Crippen molar-refractivity contribution in [3.8, 4) is 0 Å². The van der Waals surface area contributed by atoms with Crippen LogP contribution < -0.4 is 0 Å². The molecular formula is C50H93O18P. The van der Waals surface area contributed by atoms with Crippen LogP contribution >= 0.6 is 7.82 Å². The summed E-state index contributed by atoms with van der Waals surface area (Å²) in [4.78, 5) is 36.6. The van der Waals surface area contributed by atoms with E-state index in [9.17, 15) is 59.9 Å². The van der Waals surface area contributed by atoms with Crippen LogP contribution in [0.15, 0.2) is 12.2 Å². The van der Waals surface area contributed by atoms with E-state index >= 15 is 0 Å². The predicted octanol–water partition coefficient (Wildman–Crippen LogP) is 6.35. The van der Waals surface area contributed by atoms with Gasteiger partial charge in [-0.3, -0.25) is 18.6 Å². The Morgan fingerprint density at radius 3 is 1.59 bits per heavy atom. The predicted molar refractivity (Wildman–Crippen MR) is 258 cm³/mol. The highest BCUT2D eigenvalue weighted by molar-refractivity contribution is 7.47. The fourth-order valence-corrected chi connectivity index (χ4v) is 9.62. The first-order valence-electron chi connectivity index (χ1n) is 26.4. The van der Waals surface area contributed by atoms with Gasteiger partial charge in [0.15, 0.2) is 12.4 Å². The first-order valence-corrected chi connectivity index (χ1v) is 27.9. The van der Waals surface area contributed by atoms with E-state index in [0.29, 0.717) is 12.8 Å². The number of carbonyl (C=O) groups excluding carboxylic acids is 2. The number of hydrogen-bond acceptors (Lipinski definition) is 17. The molecule has 0 aromatic carbocycles. The van der Waals surface area contributed by atoms with Gasteiger partial charge in [-0.05, 0) is 44.4 Å². The average molecular weight is 1010 g/mol. The van der Waals surface area contributed by atoms with Gasteiger partial charge in [0, 0.05) is 12.8 Å². The van der Waals surface area contributed by atoms with Crippen LogP contribution in [-0.2, 0) is 42.1 Å². The Balaban J connectivity index is 1.95. The number of allylic oxidation sites excluding steroid dienone is 2. The number of phosphoric acid groups is 1. The van der Waals surface area contributed by atoms with Gasteiger partial charge in [0.05, 0.1) is 13.2 Å². The molecule has 1 aliphatic carbocycles. The number of aliphatic hydroxyl groups excluding tert-OH is 8. The Hall–Kier alpha value is -1.61. The first-order chi connectivity index (χ1) is 33.1. The second-order valence-electron chi connectivity index (χ2n) is 19.3. The van der Waals surface area contributed by atoms with Crippen LogP contribution in [0.2, 0.25) is 0 Å². The first kappa shape index (κ1) is 63.5. The molecule has 1 saturated heterocycles. The maximum absolute atomic E-state index is 13.4. The minimum Gasteiger partial charge on any atom is -0.462 e. The van der Waals surface area contributed by atoms with Crippen molar-refractivity contribution in [1.29, 1.82) is 0 Å². The highest BCUT2D eigenvalue weighted by atomic mass is 31.2. The summed E-state index contributed by atoms with van der Waals surface area (Å²) < 4.78 is 45.5. The molecule has 2 aliphatic rings. The van der Waals surface area contributed by atoms with E-state index in [1.807, 2.05) is 0 Å². The van der Waals surface area contributed by atoms with Crippen molar-refractivity contribution in [2.75, 3.05) is 19.8 Å². The average Bonchev–Trinajstić information content (AvgIpc) is 3.32. The van der Waals surface area contributed by atoms with Gasteiger partial charge >= 0.3 is 19.8 Å². The molecule has 1 heterocycles. The van der Waals surface area contributed by atoms with Gasteiger partial charge in [-0.1, -0.05) is 155 Å². The fourth-order valence-electron chi connectivity index (χ4n) is 8.65. The Bertz CT molecular complexity index is 1410. The van der Waals surface area contributed by atoms with Crippen LogP contribution in [0, 0.1) is 5.92 Å². The zero-order chi connectivity index (χ0) is 51.0. The van der Waals surface area contributed by atoms with E-state index < -0.39 is 113 Å². The molecule has 1 aliphatic heterocycles. The molecule has 0 aromatic heterocycles. The summed E-state index contributed by atoms with van der Waals surface area (Å²) in [6, 6.07) is 0. The minimum atomic E-state index is -5.38. The highest BCUT2D eigenvalue weighted by Gasteiger charge is 2.55. The molecule has 9 N–H and O–H groups in total. The number of unbranched alkanes of at least 4 members (excludes halogenated alkanes) is 19. The smallest absolute Gasteiger partial charge is 0.462 e. The summed E-state index contributed by atoms with van der Waals surface area (Å²) >= 11 is 0. The Kier molecular flexibility index (Phi) is 34.2. The van der Waals surface area contributed by atoms with Gasteiger partial charge in [-0.25, -0.2) is 4.57 Å². The quantitative estimate of drug-likeness (QED) is 0.0140. The molecule has 14 unspecified atom stereocenters. The number of rotatable bonds is 40. The summed E-state index contributed by atoms with van der Waals surface area (Å²) in [5.41, 5.74) is 0. The third-order valence-electron chi connectivity index (χ3n) is 13.1. The van der Waals surface area contributed by atoms with Crippen molar-refractivity contribution in [2.45, 2.75) is 268 Å². The largest absolute Gasteiger partial charge is 0.472 e. The standard InChI is InChI=1S/C50H93O18P/c1-4-6-8-10-12-13-14-15-16-17-18-24-28-32-40(53)65-37(34-63-39(52)31-27-23-20-19-22-26-30-36(3)29-25-21-11-9-7-5-2)35-64-69(61,62)68-49-46(59)44(57)43(56)45(58)48(49)67-50-47(60)42(55)41(54)38(33-51)66-50/h15-16,36-38,41-51,54-60H,4-14,17-35H2,1-3H3,(H,61,62). The summed E-state index contributed by atoms with van der Waals surface area (Å²) in [5.74, 6) is -0.497. The van der Waals surface area contributed by atoms with Gasteiger partial charge < -0.3 is 64.7 Å². The van der Waals surface area contributed by atoms with Gasteiger partial charge in [-0.15, -0.1) is 0 Å². The number of esters is 2. The maximum Gasteiger partial charge on any atom is 0.472 e. The van der Waals surface area contributed by atoms with Crippen LogP contribution in [0.3, 0.4) is 0 Å². The van der Waals surface area contributed by atoms with Crippen molar-refractivity contribution in [2.24, 2.45) is 5.92 Å². The number of carbonyl (C=O) groups is 2. The zero-order valence-corrected chi connectivity index (χ0v) is 42.9. The van der Waals surface area contributed by atoms with Crippen LogP contribution in [0.5, 0.6) is 0 Å². The van der Waals surface area contributed by atoms with Crippen LogP contribution in [-0.4, -0.2) is 151 Å². The molecule has 0 radical (unpaired) electrons. The van der Waals surface area contributed by atoms with Crippen molar-refractivity contribution >= 4 is 19.8 Å². The summed E-state index contributed by atoms with van der Waals surface area (Å²) in [6.07, 6.45) is 8.69. The summed E-state index contributed by atoms with van der Waals surface area (Å²) in [5, 5.41) is 83.0. The van der Waals surface area contributed by atoms with E-state index in [4.69, 9.17) is 28.0 Å². The van der Waals surface area contributed by atoms with E-state index in [-0.39, 0.29) is 12.8 Å². The molecule has 1 saturated carbocycles. The molecule has 0 spiro atoms. The molecule has 0 amide bonds. The summed E-state index contributed by atoms with van der Waals surface area (Å²) in [6.45, 7) is 4.55. The van der Waals surface area contributed by atoms with Crippen LogP contribution in [0.1, 0.15) is 194 Å². The third kappa shape index (κ3) is 26.3. The molecule has 69 heavy (non-hydrogen) atoms. The second-order valence-corrected chi connectivity index (χ2v) is 20.7. The maximum atomic E-state index is 13.4. The normalized spacial score (nSPS) is 28.1. The molecule has 2 rings (SSSR count). The van der Waals surface area contributed by atoms with Crippen molar-refractivity contribution in [3.63, 3.8) is 0 Å².